The summed E-state index contributed by atoms with van der Waals surface area (Å²) in [5.41, 5.74) is 1.46. The minimum atomic E-state index is -3.55. The topological polar surface area (TPSA) is 51.2 Å². The molecule has 5 unspecified atom stereocenters. The van der Waals surface area contributed by atoms with Crippen molar-refractivity contribution in [3.63, 3.8) is 0 Å². The molecule has 1 aliphatic heterocycles. The largest absolute Gasteiger partial charge is 0.254 e. The normalized spacial score (nSPS) is 34.3. The van der Waals surface area contributed by atoms with Crippen molar-refractivity contribution >= 4 is 20.6 Å². The van der Waals surface area contributed by atoms with Gasteiger partial charge in [-0.15, -0.1) is 0 Å². The van der Waals surface area contributed by atoms with Crippen LogP contribution in [0.1, 0.15) is 12.8 Å². The van der Waals surface area contributed by atoms with Crippen LogP contribution >= 0.6 is 0 Å². The predicted octanol–water partition coefficient (Wildman–Crippen LogP) is 3.58. The van der Waals surface area contributed by atoms with Crippen molar-refractivity contribution < 1.29 is 12.6 Å². The van der Waals surface area contributed by atoms with E-state index in [0.29, 0.717) is 10.5 Å². The van der Waals surface area contributed by atoms with Gasteiger partial charge < -0.3 is 0 Å². The van der Waals surface area contributed by atoms with Gasteiger partial charge in [0.2, 0.25) is 0 Å². The minimum absolute atomic E-state index is 0.0396. The van der Waals surface area contributed by atoms with Crippen molar-refractivity contribution in [1.29, 1.82) is 0 Å². The number of hydrogen-bond donors (Lipinski definition) is 0. The minimum Gasteiger partial charge on any atom is -0.254 e. The van der Waals surface area contributed by atoms with Gasteiger partial charge in [0.15, 0.2) is 9.84 Å². The van der Waals surface area contributed by atoms with Gasteiger partial charge in [-0.3, -0.25) is 4.21 Å². The van der Waals surface area contributed by atoms with Gasteiger partial charge in [0.05, 0.1) is 26.2 Å². The molecule has 0 saturated heterocycles. The third kappa shape index (κ3) is 2.09. The van der Waals surface area contributed by atoms with E-state index in [0.717, 1.165) is 23.3 Å². The Labute approximate surface area is 150 Å². The van der Waals surface area contributed by atoms with Crippen molar-refractivity contribution in [2.24, 2.45) is 11.8 Å². The molecule has 4 aliphatic rings. The zero-order valence-electron chi connectivity index (χ0n) is 13.5. The lowest BCUT2D eigenvalue weighted by atomic mass is 9.75. The van der Waals surface area contributed by atoms with Gasteiger partial charge in [-0.25, -0.2) is 8.42 Å². The average Bonchev–Trinajstić information content (AvgIpc) is 2.67. The van der Waals surface area contributed by atoms with Gasteiger partial charge >= 0.3 is 0 Å². The molecule has 3 nitrogen and oxygen atoms in total. The molecule has 3 aliphatic carbocycles. The summed E-state index contributed by atoms with van der Waals surface area (Å²) in [6, 6.07) is 14.7. The fourth-order valence-corrected chi connectivity index (χ4v) is 9.60. The molecule has 5 atom stereocenters. The molecule has 0 radical (unpaired) electrons. The van der Waals surface area contributed by atoms with Crippen LogP contribution in [0.2, 0.25) is 0 Å². The van der Waals surface area contributed by atoms with E-state index in [2.05, 4.69) is 6.08 Å². The summed E-state index contributed by atoms with van der Waals surface area (Å²) in [4.78, 5) is 1.15. The van der Waals surface area contributed by atoms with Crippen LogP contribution in [0.25, 0.3) is 11.1 Å². The molecule has 1 saturated carbocycles. The zero-order chi connectivity index (χ0) is 17.2. The summed E-state index contributed by atoms with van der Waals surface area (Å²) < 4.78 is 40.7. The molecular formula is C20H18O3S2. The van der Waals surface area contributed by atoms with Gasteiger partial charge in [-0.05, 0) is 42.4 Å². The number of fused-ring (bicyclic) bond motifs is 4. The van der Waals surface area contributed by atoms with Gasteiger partial charge in [0.25, 0.3) is 0 Å². The number of benzene rings is 2. The van der Waals surface area contributed by atoms with Crippen LogP contribution in [-0.4, -0.2) is 23.1 Å². The van der Waals surface area contributed by atoms with Crippen molar-refractivity contribution in [2.45, 2.75) is 33.1 Å². The number of sulfone groups is 1. The van der Waals surface area contributed by atoms with E-state index < -0.39 is 25.9 Å². The first kappa shape index (κ1) is 15.5. The first-order valence-corrected chi connectivity index (χ1v) is 11.4. The molecule has 25 heavy (non-hydrogen) atoms. The second kappa shape index (κ2) is 5.39. The highest BCUT2D eigenvalue weighted by Crippen LogP contribution is 2.49. The Morgan fingerprint density at radius 1 is 0.840 bits per heavy atom. The van der Waals surface area contributed by atoms with E-state index in [1.54, 1.807) is 12.1 Å². The van der Waals surface area contributed by atoms with E-state index in [1.165, 1.54) is 0 Å². The summed E-state index contributed by atoms with van der Waals surface area (Å²) in [6.45, 7) is 0. The lowest BCUT2D eigenvalue weighted by Crippen LogP contribution is -2.52. The van der Waals surface area contributed by atoms with E-state index >= 15 is 0 Å². The number of allylic oxidation sites excluding steroid dienone is 2. The maximum atomic E-state index is 13.6. The molecule has 1 heterocycles. The van der Waals surface area contributed by atoms with E-state index in [4.69, 9.17) is 0 Å². The molecule has 2 bridgehead atoms. The molecule has 0 aromatic heterocycles. The number of hydrogen-bond acceptors (Lipinski definition) is 3. The van der Waals surface area contributed by atoms with Crippen molar-refractivity contribution in [3.8, 4) is 11.1 Å². The van der Waals surface area contributed by atoms with Crippen LogP contribution in [0.3, 0.4) is 0 Å². The van der Waals surface area contributed by atoms with E-state index in [-0.39, 0.29) is 17.1 Å². The third-order valence-corrected chi connectivity index (χ3v) is 10.2. The molecule has 2 aromatic carbocycles. The molecule has 128 valence electrons. The Morgan fingerprint density at radius 3 is 2.24 bits per heavy atom. The molecule has 0 spiro atoms. The van der Waals surface area contributed by atoms with E-state index in [1.807, 2.05) is 42.5 Å². The molecule has 2 aromatic rings. The van der Waals surface area contributed by atoms with Crippen molar-refractivity contribution in [2.75, 3.05) is 0 Å². The second-order valence-electron chi connectivity index (χ2n) is 7.05. The zero-order valence-corrected chi connectivity index (χ0v) is 15.2. The van der Waals surface area contributed by atoms with Crippen molar-refractivity contribution in [1.82, 2.24) is 0 Å². The lowest BCUT2D eigenvalue weighted by molar-refractivity contribution is 0.334. The third-order valence-electron chi connectivity index (χ3n) is 5.80. The Balaban J connectivity index is 1.88. The molecule has 6 rings (SSSR count). The first-order chi connectivity index (χ1) is 12.1. The fourth-order valence-electron chi connectivity index (χ4n) is 4.68. The number of rotatable bonds is 0. The van der Waals surface area contributed by atoms with Gasteiger partial charge in [0.1, 0.15) is 0 Å². The summed E-state index contributed by atoms with van der Waals surface area (Å²) in [7, 11) is -4.90. The molecule has 0 amide bonds. The highest BCUT2D eigenvalue weighted by molar-refractivity contribution is 7.94. The lowest BCUT2D eigenvalue weighted by Gasteiger charge is -2.44. The summed E-state index contributed by atoms with van der Waals surface area (Å²) in [5.74, 6) is 0.0335. The first-order valence-electron chi connectivity index (χ1n) is 8.60. The van der Waals surface area contributed by atoms with Crippen LogP contribution in [-0.2, 0) is 20.6 Å². The standard InChI is InChI=1S/C20H18O3S2/c21-24-17-7-3-1-5-15(17)16-6-2-4-8-18(16)25(22,23)20-14-11-9-13(10-12-14)19(20)24/h1-9,11,13-14,19-20H,10,12H2. The van der Waals surface area contributed by atoms with E-state index in [9.17, 15) is 12.6 Å². The molecular weight excluding hydrogens is 352 g/mol. The van der Waals surface area contributed by atoms with Gasteiger partial charge in [0, 0.05) is 10.5 Å². The molecule has 5 heteroatoms. The van der Waals surface area contributed by atoms with Crippen LogP contribution in [0, 0.1) is 11.8 Å². The monoisotopic (exact) mass is 370 g/mol. The molecule has 0 N–H and O–H groups in total. The maximum Gasteiger partial charge on any atom is 0.183 e. The summed E-state index contributed by atoms with van der Waals surface area (Å²) in [6.07, 6.45) is 5.93. The quantitative estimate of drug-likeness (QED) is 0.666. The van der Waals surface area contributed by atoms with Crippen LogP contribution in [0.5, 0.6) is 0 Å². The SMILES string of the molecule is O=S1c2ccccc2-c2ccccc2S(=O)(=O)C2C3C=CC(CC3)C21. The fraction of sp³-hybridized carbons (Fsp3) is 0.300. The highest BCUT2D eigenvalue weighted by atomic mass is 32.2. The Morgan fingerprint density at radius 2 is 1.48 bits per heavy atom. The second-order valence-corrected chi connectivity index (χ2v) is 10.7. The Hall–Kier alpha value is -1.72. The van der Waals surface area contributed by atoms with Crippen LogP contribution in [0.15, 0.2) is 70.5 Å². The van der Waals surface area contributed by atoms with Gasteiger partial charge in [-0.2, -0.15) is 0 Å². The van der Waals surface area contributed by atoms with Crippen LogP contribution < -0.4 is 0 Å². The Bertz CT molecular complexity index is 1020. The smallest absolute Gasteiger partial charge is 0.183 e. The highest BCUT2D eigenvalue weighted by Gasteiger charge is 2.52. The Kier molecular flexibility index (Phi) is 3.35. The summed E-state index contributed by atoms with van der Waals surface area (Å²) in [5, 5.41) is -0.949. The molecule has 1 fully saturated rings. The maximum absolute atomic E-state index is 13.6. The summed E-state index contributed by atoms with van der Waals surface area (Å²) >= 11 is 0. The van der Waals surface area contributed by atoms with Crippen LogP contribution in [0.4, 0.5) is 0 Å². The van der Waals surface area contributed by atoms with Gasteiger partial charge in [-0.1, -0.05) is 48.6 Å². The predicted molar refractivity (Wildman–Crippen MR) is 98.4 cm³/mol. The van der Waals surface area contributed by atoms with Crippen molar-refractivity contribution in [3.05, 3.63) is 60.7 Å². The average molecular weight is 370 g/mol.